The highest BCUT2D eigenvalue weighted by molar-refractivity contribution is 6.32. The highest BCUT2D eigenvalue weighted by Crippen LogP contribution is 2.34. The molecule has 2 rings (SSSR count). The van der Waals surface area contributed by atoms with Gasteiger partial charge in [0.1, 0.15) is 11.9 Å². The monoisotopic (exact) mass is 276 g/mol. The molecule has 2 nitrogen and oxygen atoms in total. The van der Waals surface area contributed by atoms with Gasteiger partial charge in [0.25, 0.3) is 0 Å². The molecule has 2 aromatic rings. The number of halogens is 1. The molecular weight excluding hydrogens is 260 g/mol. The fraction of sp³-hybridized carbons (Fsp3) is 0.250. The van der Waals surface area contributed by atoms with Crippen LogP contribution in [-0.4, -0.2) is 11.7 Å². The van der Waals surface area contributed by atoms with Gasteiger partial charge in [0.2, 0.25) is 0 Å². The zero-order valence-electron chi connectivity index (χ0n) is 11.1. The summed E-state index contributed by atoms with van der Waals surface area (Å²) in [5.41, 5.74) is 2.39. The highest BCUT2D eigenvalue weighted by Gasteiger charge is 2.18. The van der Waals surface area contributed by atoms with Crippen LogP contribution in [0.5, 0.6) is 5.75 Å². The molecule has 0 aliphatic rings. The summed E-state index contributed by atoms with van der Waals surface area (Å²) in [6, 6.07) is 13.1. The van der Waals surface area contributed by atoms with Gasteiger partial charge in [-0.2, -0.15) is 0 Å². The Morgan fingerprint density at radius 3 is 2.53 bits per heavy atom. The lowest BCUT2D eigenvalue weighted by Crippen LogP contribution is -2.05. The van der Waals surface area contributed by atoms with E-state index in [1.807, 2.05) is 56.3 Å². The maximum Gasteiger partial charge on any atom is 0.125 e. The van der Waals surface area contributed by atoms with Crippen molar-refractivity contribution in [3.63, 3.8) is 0 Å². The molecule has 0 spiro atoms. The molecule has 0 fully saturated rings. The Balaban J connectivity index is 2.44. The van der Waals surface area contributed by atoms with Gasteiger partial charge in [-0.25, -0.2) is 0 Å². The van der Waals surface area contributed by atoms with E-state index >= 15 is 0 Å². The van der Waals surface area contributed by atoms with Crippen molar-refractivity contribution in [3.05, 3.63) is 64.2 Å². The maximum absolute atomic E-state index is 10.5. The van der Waals surface area contributed by atoms with Gasteiger partial charge in [0.15, 0.2) is 0 Å². The van der Waals surface area contributed by atoms with Gasteiger partial charge in [0, 0.05) is 16.1 Å². The number of rotatable bonds is 4. The van der Waals surface area contributed by atoms with Crippen molar-refractivity contribution in [1.82, 2.24) is 0 Å². The standard InChI is InChI=1S/C16H17ClO2/c1-3-19-14-10-5-4-8-12(14)16(18)13-9-6-7-11(2)15(13)17/h4-10,16,18H,3H2,1-2H3. The third-order valence-corrected chi connectivity index (χ3v) is 3.55. The van der Waals surface area contributed by atoms with Gasteiger partial charge >= 0.3 is 0 Å². The first-order valence-electron chi connectivity index (χ1n) is 6.30. The molecule has 100 valence electrons. The molecule has 0 saturated heterocycles. The molecule has 1 N–H and O–H groups in total. The summed E-state index contributed by atoms with van der Waals surface area (Å²) < 4.78 is 5.55. The number of aliphatic hydroxyl groups is 1. The Bertz CT molecular complexity index is 566. The minimum Gasteiger partial charge on any atom is -0.493 e. The first kappa shape index (κ1) is 13.9. The Kier molecular flexibility index (Phi) is 4.46. The van der Waals surface area contributed by atoms with Crippen LogP contribution in [0.25, 0.3) is 0 Å². The summed E-state index contributed by atoms with van der Waals surface area (Å²) in [5.74, 6) is 0.690. The number of aliphatic hydroxyl groups excluding tert-OH is 1. The van der Waals surface area contributed by atoms with Gasteiger partial charge < -0.3 is 9.84 Å². The summed E-state index contributed by atoms with van der Waals surface area (Å²) in [7, 11) is 0. The molecule has 1 atom stereocenters. The fourth-order valence-corrected chi connectivity index (χ4v) is 2.27. The van der Waals surface area contributed by atoms with Crippen molar-refractivity contribution in [2.24, 2.45) is 0 Å². The van der Waals surface area contributed by atoms with E-state index in [0.29, 0.717) is 22.9 Å². The van der Waals surface area contributed by atoms with E-state index in [2.05, 4.69) is 0 Å². The maximum atomic E-state index is 10.5. The largest absolute Gasteiger partial charge is 0.493 e. The first-order chi connectivity index (χ1) is 9.15. The third kappa shape index (κ3) is 2.91. The van der Waals surface area contributed by atoms with Crippen LogP contribution >= 0.6 is 11.6 Å². The van der Waals surface area contributed by atoms with Gasteiger partial charge in [-0.3, -0.25) is 0 Å². The Morgan fingerprint density at radius 2 is 1.79 bits per heavy atom. The number of hydrogen-bond donors (Lipinski definition) is 1. The molecule has 1 unspecified atom stereocenters. The second kappa shape index (κ2) is 6.09. The predicted molar refractivity (Wildman–Crippen MR) is 77.9 cm³/mol. The van der Waals surface area contributed by atoms with Gasteiger partial charge in [-0.15, -0.1) is 0 Å². The minimum absolute atomic E-state index is 0.561. The van der Waals surface area contributed by atoms with Crippen LogP contribution in [0.15, 0.2) is 42.5 Å². The molecule has 0 aliphatic carbocycles. The molecule has 19 heavy (non-hydrogen) atoms. The van der Waals surface area contributed by atoms with Crippen LogP contribution in [0.1, 0.15) is 29.7 Å². The van der Waals surface area contributed by atoms with E-state index < -0.39 is 6.10 Å². The highest BCUT2D eigenvalue weighted by atomic mass is 35.5. The normalized spacial score (nSPS) is 12.2. The Morgan fingerprint density at radius 1 is 1.11 bits per heavy atom. The SMILES string of the molecule is CCOc1ccccc1C(O)c1cccc(C)c1Cl. The summed E-state index contributed by atoms with van der Waals surface area (Å²) in [5, 5.41) is 11.1. The van der Waals surface area contributed by atoms with E-state index in [9.17, 15) is 5.11 Å². The molecular formula is C16H17ClO2. The topological polar surface area (TPSA) is 29.5 Å². The quantitative estimate of drug-likeness (QED) is 0.910. The molecule has 0 saturated carbocycles. The predicted octanol–water partition coefficient (Wildman–Crippen LogP) is 4.13. The smallest absolute Gasteiger partial charge is 0.125 e. The van der Waals surface area contributed by atoms with Crippen LogP contribution in [0.2, 0.25) is 5.02 Å². The van der Waals surface area contributed by atoms with Crippen molar-refractivity contribution < 1.29 is 9.84 Å². The molecule has 2 aromatic carbocycles. The lowest BCUT2D eigenvalue weighted by Gasteiger charge is -2.17. The van der Waals surface area contributed by atoms with Crippen molar-refractivity contribution >= 4 is 11.6 Å². The van der Waals surface area contributed by atoms with Crippen LogP contribution in [0, 0.1) is 6.92 Å². The molecule has 0 heterocycles. The molecule has 0 aliphatic heterocycles. The second-order valence-electron chi connectivity index (χ2n) is 4.35. The summed E-state index contributed by atoms with van der Waals surface area (Å²) in [4.78, 5) is 0. The van der Waals surface area contributed by atoms with Gasteiger partial charge in [-0.05, 0) is 25.5 Å². The molecule has 0 aromatic heterocycles. The third-order valence-electron chi connectivity index (χ3n) is 3.03. The number of aryl methyl sites for hydroxylation is 1. The summed E-state index contributed by atoms with van der Waals surface area (Å²) >= 11 is 6.27. The Hall–Kier alpha value is -1.51. The van der Waals surface area contributed by atoms with E-state index in [-0.39, 0.29) is 0 Å². The lowest BCUT2D eigenvalue weighted by molar-refractivity contribution is 0.212. The van der Waals surface area contributed by atoms with Crippen LogP contribution in [0.4, 0.5) is 0 Å². The van der Waals surface area contributed by atoms with Gasteiger partial charge in [0.05, 0.1) is 6.61 Å². The molecule has 0 radical (unpaired) electrons. The molecule has 3 heteroatoms. The molecule has 0 amide bonds. The number of ether oxygens (including phenoxy) is 1. The van der Waals surface area contributed by atoms with Crippen LogP contribution < -0.4 is 4.74 Å². The first-order valence-corrected chi connectivity index (χ1v) is 6.67. The zero-order valence-corrected chi connectivity index (χ0v) is 11.8. The van der Waals surface area contributed by atoms with Crippen LogP contribution in [-0.2, 0) is 0 Å². The van der Waals surface area contributed by atoms with Crippen molar-refractivity contribution in [1.29, 1.82) is 0 Å². The zero-order chi connectivity index (χ0) is 13.8. The lowest BCUT2D eigenvalue weighted by atomic mass is 9.99. The second-order valence-corrected chi connectivity index (χ2v) is 4.73. The van der Waals surface area contributed by atoms with E-state index in [1.54, 1.807) is 0 Å². The van der Waals surface area contributed by atoms with Crippen molar-refractivity contribution in [2.45, 2.75) is 20.0 Å². The minimum atomic E-state index is -0.782. The van der Waals surface area contributed by atoms with Crippen LogP contribution in [0.3, 0.4) is 0 Å². The van der Waals surface area contributed by atoms with Crippen molar-refractivity contribution in [3.8, 4) is 5.75 Å². The fourth-order valence-electron chi connectivity index (χ4n) is 2.04. The summed E-state index contributed by atoms with van der Waals surface area (Å²) in [6.07, 6.45) is -0.782. The van der Waals surface area contributed by atoms with E-state index in [0.717, 1.165) is 11.1 Å². The number of benzene rings is 2. The number of hydrogen-bond acceptors (Lipinski definition) is 2. The number of para-hydroxylation sites is 1. The van der Waals surface area contributed by atoms with Gasteiger partial charge in [-0.1, -0.05) is 48.0 Å². The average molecular weight is 277 g/mol. The average Bonchev–Trinajstić information content (AvgIpc) is 2.42. The molecule has 0 bridgehead atoms. The van der Waals surface area contributed by atoms with E-state index in [4.69, 9.17) is 16.3 Å². The van der Waals surface area contributed by atoms with Crippen molar-refractivity contribution in [2.75, 3.05) is 6.61 Å². The van der Waals surface area contributed by atoms with E-state index in [1.165, 1.54) is 0 Å². The summed E-state index contributed by atoms with van der Waals surface area (Å²) in [6.45, 7) is 4.40. The Labute approximate surface area is 118 Å².